The Hall–Kier alpha value is -1.26. The van der Waals surface area contributed by atoms with E-state index >= 15 is 0 Å². The van der Waals surface area contributed by atoms with Crippen molar-refractivity contribution in [3.05, 3.63) is 30.1 Å². The summed E-state index contributed by atoms with van der Waals surface area (Å²) in [5, 5.41) is 3.30. The van der Waals surface area contributed by atoms with Gasteiger partial charge in [0.25, 0.3) is 0 Å². The molecule has 0 amide bonds. The molecule has 0 spiro atoms. The van der Waals surface area contributed by atoms with Crippen LogP contribution in [0.1, 0.15) is 12.5 Å². The number of aromatic nitrogens is 1. The molecule has 4 nitrogen and oxygen atoms in total. The standard InChI is InChI=1S/C13H18N2O2/c1-2-15-12-9-17-8-11(12)13(16)6-10-4-3-5-14-7-10/h3-5,7,11-12,15H,2,6,8-9H2,1H3. The highest BCUT2D eigenvalue weighted by Crippen LogP contribution is 2.17. The molecule has 17 heavy (non-hydrogen) atoms. The average molecular weight is 234 g/mol. The number of ether oxygens (including phenoxy) is 1. The Bertz CT molecular complexity index is 367. The molecule has 1 aromatic rings. The fourth-order valence-electron chi connectivity index (χ4n) is 2.17. The lowest BCUT2D eigenvalue weighted by atomic mass is 9.94. The Morgan fingerprint density at radius 2 is 2.47 bits per heavy atom. The van der Waals surface area contributed by atoms with Crippen LogP contribution in [0.15, 0.2) is 24.5 Å². The van der Waals surface area contributed by atoms with E-state index < -0.39 is 0 Å². The van der Waals surface area contributed by atoms with Gasteiger partial charge in [0.15, 0.2) is 0 Å². The van der Waals surface area contributed by atoms with Crippen LogP contribution < -0.4 is 5.32 Å². The van der Waals surface area contributed by atoms with E-state index in [1.54, 1.807) is 12.4 Å². The second kappa shape index (κ2) is 5.89. The summed E-state index contributed by atoms with van der Waals surface area (Å²) in [4.78, 5) is 16.2. The molecule has 2 rings (SSSR count). The Kier molecular flexibility index (Phi) is 4.23. The second-order valence-electron chi connectivity index (χ2n) is 4.31. The van der Waals surface area contributed by atoms with Gasteiger partial charge < -0.3 is 10.1 Å². The zero-order valence-electron chi connectivity index (χ0n) is 10.1. The van der Waals surface area contributed by atoms with E-state index in [2.05, 4.69) is 10.3 Å². The minimum atomic E-state index is -0.0184. The van der Waals surface area contributed by atoms with E-state index in [1.807, 2.05) is 19.1 Å². The molecule has 0 aliphatic carbocycles. The molecule has 2 unspecified atom stereocenters. The molecule has 4 heteroatoms. The predicted molar refractivity (Wildman–Crippen MR) is 64.7 cm³/mol. The molecular formula is C13H18N2O2. The normalized spacial score (nSPS) is 23.8. The molecule has 2 atom stereocenters. The smallest absolute Gasteiger partial charge is 0.144 e. The van der Waals surface area contributed by atoms with E-state index in [0.29, 0.717) is 19.6 Å². The maximum atomic E-state index is 12.2. The van der Waals surface area contributed by atoms with Crippen LogP contribution in [0.4, 0.5) is 0 Å². The Morgan fingerprint density at radius 3 is 3.18 bits per heavy atom. The molecule has 1 N–H and O–H groups in total. The lowest BCUT2D eigenvalue weighted by Crippen LogP contribution is -2.39. The lowest BCUT2D eigenvalue weighted by molar-refractivity contribution is -0.122. The number of Topliss-reactive ketones (excluding diaryl/α,β-unsaturated/α-hetero) is 1. The van der Waals surface area contributed by atoms with E-state index in [1.165, 1.54) is 0 Å². The molecule has 0 aromatic carbocycles. The largest absolute Gasteiger partial charge is 0.379 e. The van der Waals surface area contributed by atoms with Crippen molar-refractivity contribution in [2.75, 3.05) is 19.8 Å². The van der Waals surface area contributed by atoms with E-state index in [-0.39, 0.29) is 17.7 Å². The highest BCUT2D eigenvalue weighted by Gasteiger charge is 2.32. The summed E-state index contributed by atoms with van der Waals surface area (Å²) >= 11 is 0. The lowest BCUT2D eigenvalue weighted by Gasteiger charge is -2.16. The topological polar surface area (TPSA) is 51.2 Å². The summed E-state index contributed by atoms with van der Waals surface area (Å²) in [5.74, 6) is 0.219. The fourth-order valence-corrected chi connectivity index (χ4v) is 2.17. The molecule has 1 aromatic heterocycles. The predicted octanol–water partition coefficient (Wildman–Crippen LogP) is 0.818. The van der Waals surface area contributed by atoms with Crippen molar-refractivity contribution in [1.29, 1.82) is 0 Å². The quantitative estimate of drug-likeness (QED) is 0.819. The maximum absolute atomic E-state index is 12.2. The van der Waals surface area contributed by atoms with Crippen LogP contribution in [-0.2, 0) is 16.0 Å². The minimum absolute atomic E-state index is 0.0184. The number of carbonyl (C=O) groups is 1. The number of likely N-dealkylation sites (N-methyl/N-ethyl adjacent to an activating group) is 1. The highest BCUT2D eigenvalue weighted by atomic mass is 16.5. The molecule has 2 heterocycles. The van der Waals surface area contributed by atoms with Gasteiger partial charge in [0.1, 0.15) is 5.78 Å². The molecule has 1 aliphatic rings. The van der Waals surface area contributed by atoms with Crippen LogP contribution in [0.25, 0.3) is 0 Å². The van der Waals surface area contributed by atoms with Crippen molar-refractivity contribution in [3.63, 3.8) is 0 Å². The maximum Gasteiger partial charge on any atom is 0.144 e. The first-order chi connectivity index (χ1) is 8.31. The number of carbonyl (C=O) groups excluding carboxylic acids is 1. The number of nitrogens with one attached hydrogen (secondary N) is 1. The molecule has 0 bridgehead atoms. The molecule has 0 saturated carbocycles. The van der Waals surface area contributed by atoms with Crippen LogP contribution in [0.3, 0.4) is 0 Å². The number of hydrogen-bond donors (Lipinski definition) is 1. The van der Waals surface area contributed by atoms with Crippen LogP contribution in [0.2, 0.25) is 0 Å². The number of nitrogens with zero attached hydrogens (tertiary/aromatic N) is 1. The van der Waals surface area contributed by atoms with Gasteiger partial charge in [-0.25, -0.2) is 0 Å². The highest BCUT2D eigenvalue weighted by molar-refractivity contribution is 5.84. The zero-order valence-corrected chi connectivity index (χ0v) is 10.1. The first-order valence-corrected chi connectivity index (χ1v) is 6.04. The van der Waals surface area contributed by atoms with Gasteiger partial charge in [-0.1, -0.05) is 13.0 Å². The van der Waals surface area contributed by atoms with Crippen molar-refractivity contribution < 1.29 is 9.53 Å². The van der Waals surface area contributed by atoms with Gasteiger partial charge in [-0.05, 0) is 18.2 Å². The summed E-state index contributed by atoms with van der Waals surface area (Å²) in [6, 6.07) is 3.96. The average Bonchev–Trinajstić information content (AvgIpc) is 2.79. The molecule has 1 fully saturated rings. The molecule has 92 valence electrons. The number of pyridine rings is 1. The van der Waals surface area contributed by atoms with Gasteiger partial charge in [-0.2, -0.15) is 0 Å². The van der Waals surface area contributed by atoms with Crippen molar-refractivity contribution in [1.82, 2.24) is 10.3 Å². The zero-order chi connectivity index (χ0) is 12.1. The van der Waals surface area contributed by atoms with Gasteiger partial charge in [0.2, 0.25) is 0 Å². The second-order valence-corrected chi connectivity index (χ2v) is 4.31. The van der Waals surface area contributed by atoms with Crippen LogP contribution >= 0.6 is 0 Å². The third-order valence-electron chi connectivity index (χ3n) is 3.06. The van der Waals surface area contributed by atoms with E-state index in [0.717, 1.165) is 12.1 Å². The van der Waals surface area contributed by atoms with Gasteiger partial charge in [-0.15, -0.1) is 0 Å². The summed E-state index contributed by atoms with van der Waals surface area (Å²) in [7, 11) is 0. The van der Waals surface area contributed by atoms with Crippen LogP contribution in [0.5, 0.6) is 0 Å². The summed E-state index contributed by atoms with van der Waals surface area (Å²) < 4.78 is 5.38. The van der Waals surface area contributed by atoms with Gasteiger partial charge in [0, 0.05) is 24.9 Å². The van der Waals surface area contributed by atoms with Crippen LogP contribution in [-0.4, -0.2) is 36.6 Å². The number of hydrogen-bond acceptors (Lipinski definition) is 4. The SMILES string of the molecule is CCNC1COCC1C(=O)Cc1cccnc1. The summed E-state index contributed by atoms with van der Waals surface area (Å²) in [6.07, 6.45) is 3.91. The van der Waals surface area contributed by atoms with E-state index in [4.69, 9.17) is 4.74 Å². The molecule has 0 radical (unpaired) electrons. The summed E-state index contributed by atoms with van der Waals surface area (Å²) in [5.41, 5.74) is 0.972. The van der Waals surface area contributed by atoms with Crippen LogP contribution in [0, 0.1) is 5.92 Å². The third kappa shape index (κ3) is 3.11. The number of rotatable bonds is 5. The Balaban J connectivity index is 1.95. The van der Waals surface area contributed by atoms with Crippen molar-refractivity contribution >= 4 is 5.78 Å². The fraction of sp³-hybridized carbons (Fsp3) is 0.538. The first-order valence-electron chi connectivity index (χ1n) is 6.04. The Morgan fingerprint density at radius 1 is 1.59 bits per heavy atom. The van der Waals surface area contributed by atoms with Gasteiger partial charge >= 0.3 is 0 Å². The third-order valence-corrected chi connectivity index (χ3v) is 3.06. The molecule has 1 aliphatic heterocycles. The van der Waals surface area contributed by atoms with Gasteiger partial charge in [0.05, 0.1) is 19.1 Å². The number of ketones is 1. The summed E-state index contributed by atoms with van der Waals surface area (Å²) in [6.45, 7) is 4.08. The molecular weight excluding hydrogens is 216 g/mol. The molecule has 1 saturated heterocycles. The van der Waals surface area contributed by atoms with Crippen molar-refractivity contribution in [3.8, 4) is 0 Å². The Labute approximate surface area is 101 Å². The minimum Gasteiger partial charge on any atom is -0.379 e. The van der Waals surface area contributed by atoms with E-state index in [9.17, 15) is 4.79 Å². The van der Waals surface area contributed by atoms with Gasteiger partial charge in [-0.3, -0.25) is 9.78 Å². The first kappa shape index (κ1) is 12.2. The monoisotopic (exact) mass is 234 g/mol. The van der Waals surface area contributed by atoms with Crippen molar-refractivity contribution in [2.24, 2.45) is 5.92 Å². The van der Waals surface area contributed by atoms with Crippen molar-refractivity contribution in [2.45, 2.75) is 19.4 Å².